The second-order valence-electron chi connectivity index (χ2n) is 4.91. The van der Waals surface area contributed by atoms with Crippen LogP contribution in [0.5, 0.6) is 0 Å². The molecule has 0 fully saturated rings. The van der Waals surface area contributed by atoms with Gasteiger partial charge in [-0.05, 0) is 55.8 Å². The molecule has 0 saturated carbocycles. The van der Waals surface area contributed by atoms with Crippen LogP contribution < -0.4 is 0 Å². The Kier molecular flexibility index (Phi) is 5.95. The molecule has 0 amide bonds. The van der Waals surface area contributed by atoms with Gasteiger partial charge in [0.15, 0.2) is 0 Å². The van der Waals surface area contributed by atoms with E-state index in [1.165, 1.54) is 17.4 Å². The maximum absolute atomic E-state index is 11.9. The fourth-order valence-corrected chi connectivity index (χ4v) is 2.85. The van der Waals surface area contributed by atoms with Gasteiger partial charge in [-0.3, -0.25) is 0 Å². The Labute approximate surface area is 130 Å². The fraction of sp³-hybridized carbons (Fsp3) is 0.429. The second-order valence-corrected chi connectivity index (χ2v) is 6.85. The quantitative estimate of drug-likeness (QED) is 0.600. The molecule has 0 aliphatic heterocycles. The normalized spacial score (nSPS) is 11.7. The third-order valence-electron chi connectivity index (χ3n) is 1.97. The summed E-state index contributed by atoms with van der Waals surface area (Å²) in [5, 5.41) is 0. The van der Waals surface area contributed by atoms with Crippen LogP contribution in [0.1, 0.15) is 42.2 Å². The van der Waals surface area contributed by atoms with Gasteiger partial charge in [0.1, 0.15) is 10.5 Å². The van der Waals surface area contributed by atoms with E-state index in [2.05, 4.69) is 15.9 Å². The molecule has 0 N–H and O–H groups in total. The number of ether oxygens (including phenoxy) is 2. The summed E-state index contributed by atoms with van der Waals surface area (Å²) in [6, 6.07) is 1.68. The van der Waals surface area contributed by atoms with Crippen molar-refractivity contribution in [3.8, 4) is 0 Å². The summed E-state index contributed by atoms with van der Waals surface area (Å²) in [6.07, 6.45) is 2.94. The summed E-state index contributed by atoms with van der Waals surface area (Å²) in [5.74, 6) is -0.786. The Morgan fingerprint density at radius 2 is 2.05 bits per heavy atom. The van der Waals surface area contributed by atoms with Gasteiger partial charge in [0.25, 0.3) is 0 Å². The van der Waals surface area contributed by atoms with E-state index in [1.807, 2.05) is 20.8 Å². The topological polar surface area (TPSA) is 52.6 Å². The summed E-state index contributed by atoms with van der Waals surface area (Å²) >= 11 is 4.61. The van der Waals surface area contributed by atoms with Crippen LogP contribution in [0.25, 0.3) is 6.08 Å². The van der Waals surface area contributed by atoms with Crippen LogP contribution in [0.2, 0.25) is 0 Å². The number of esters is 2. The molecule has 4 nitrogen and oxygen atoms in total. The predicted molar refractivity (Wildman–Crippen MR) is 82.9 cm³/mol. The molecule has 110 valence electrons. The number of hydrogen-bond acceptors (Lipinski definition) is 5. The molecule has 0 aliphatic rings. The maximum atomic E-state index is 11.9. The Morgan fingerprint density at radius 3 is 2.60 bits per heavy atom. The molecule has 6 heteroatoms. The Bertz CT molecular complexity index is 526. The van der Waals surface area contributed by atoms with Crippen LogP contribution in [0, 0.1) is 0 Å². The van der Waals surface area contributed by atoms with E-state index >= 15 is 0 Å². The summed E-state index contributed by atoms with van der Waals surface area (Å²) < 4.78 is 10.8. The van der Waals surface area contributed by atoms with Crippen molar-refractivity contribution >= 4 is 45.3 Å². The Morgan fingerprint density at radius 1 is 1.40 bits per heavy atom. The van der Waals surface area contributed by atoms with E-state index in [4.69, 9.17) is 9.47 Å². The molecule has 1 heterocycles. The molecule has 0 atom stereocenters. The Balaban J connectivity index is 2.83. The molecule has 0 spiro atoms. The monoisotopic (exact) mass is 360 g/mol. The van der Waals surface area contributed by atoms with Gasteiger partial charge in [0, 0.05) is 15.4 Å². The third-order valence-corrected chi connectivity index (χ3v) is 3.97. The first kappa shape index (κ1) is 16.9. The highest BCUT2D eigenvalue weighted by atomic mass is 79.9. The largest absolute Gasteiger partial charge is 0.463 e. The number of hydrogen-bond donors (Lipinski definition) is 0. The zero-order valence-electron chi connectivity index (χ0n) is 11.9. The molecule has 0 aromatic carbocycles. The van der Waals surface area contributed by atoms with Crippen molar-refractivity contribution in [1.82, 2.24) is 0 Å². The van der Waals surface area contributed by atoms with Gasteiger partial charge < -0.3 is 9.47 Å². The van der Waals surface area contributed by atoms with Gasteiger partial charge in [-0.15, -0.1) is 11.3 Å². The van der Waals surface area contributed by atoms with Crippen molar-refractivity contribution in [3.05, 3.63) is 26.4 Å². The van der Waals surface area contributed by atoms with Gasteiger partial charge in [-0.1, -0.05) is 0 Å². The van der Waals surface area contributed by atoms with Gasteiger partial charge >= 0.3 is 11.9 Å². The fourth-order valence-electron chi connectivity index (χ4n) is 1.26. The van der Waals surface area contributed by atoms with E-state index in [-0.39, 0.29) is 5.97 Å². The first-order chi connectivity index (χ1) is 9.23. The van der Waals surface area contributed by atoms with Crippen molar-refractivity contribution in [1.29, 1.82) is 0 Å². The molecular weight excluding hydrogens is 344 g/mol. The van der Waals surface area contributed by atoms with E-state index in [0.29, 0.717) is 11.5 Å². The minimum absolute atomic E-state index is 0.331. The molecule has 0 saturated heterocycles. The minimum Gasteiger partial charge on any atom is -0.463 e. The Hall–Kier alpha value is -1.14. The SMILES string of the molecule is CCOC(=O)C=Cc1sc(C(=O)OC(C)(C)C)cc1Br. The van der Waals surface area contributed by atoms with Crippen molar-refractivity contribution in [2.75, 3.05) is 6.61 Å². The lowest BCUT2D eigenvalue weighted by atomic mass is 10.2. The molecule has 0 unspecified atom stereocenters. The number of thiophene rings is 1. The summed E-state index contributed by atoms with van der Waals surface area (Å²) in [7, 11) is 0. The maximum Gasteiger partial charge on any atom is 0.348 e. The van der Waals surface area contributed by atoms with Crippen LogP contribution in [-0.4, -0.2) is 24.1 Å². The average Bonchev–Trinajstić information content (AvgIpc) is 2.66. The van der Waals surface area contributed by atoms with Crippen molar-refractivity contribution in [3.63, 3.8) is 0 Å². The van der Waals surface area contributed by atoms with E-state index < -0.39 is 11.6 Å². The lowest BCUT2D eigenvalue weighted by Gasteiger charge is -2.18. The predicted octanol–water partition coefficient (Wildman–Crippen LogP) is 4.04. The van der Waals surface area contributed by atoms with Gasteiger partial charge in [0.2, 0.25) is 0 Å². The molecule has 0 aliphatic carbocycles. The number of rotatable bonds is 4. The second kappa shape index (κ2) is 7.04. The average molecular weight is 361 g/mol. The van der Waals surface area contributed by atoms with Crippen LogP contribution in [0.4, 0.5) is 0 Å². The van der Waals surface area contributed by atoms with Crippen LogP contribution in [-0.2, 0) is 14.3 Å². The highest BCUT2D eigenvalue weighted by molar-refractivity contribution is 9.10. The molecule has 0 bridgehead atoms. The first-order valence-electron chi connectivity index (χ1n) is 6.10. The van der Waals surface area contributed by atoms with E-state index in [0.717, 1.165) is 9.35 Å². The highest BCUT2D eigenvalue weighted by Gasteiger charge is 2.20. The lowest BCUT2D eigenvalue weighted by molar-refractivity contribution is -0.137. The molecule has 1 aromatic rings. The molecule has 20 heavy (non-hydrogen) atoms. The highest BCUT2D eigenvalue weighted by Crippen LogP contribution is 2.30. The van der Waals surface area contributed by atoms with Crippen molar-refractivity contribution in [2.45, 2.75) is 33.3 Å². The standard InChI is InChI=1S/C14H17BrO4S/c1-5-18-12(16)7-6-10-9(15)8-11(20-10)13(17)19-14(2,3)4/h6-8H,5H2,1-4H3. The molecule has 1 rings (SSSR count). The van der Waals surface area contributed by atoms with Crippen LogP contribution in [0.3, 0.4) is 0 Å². The van der Waals surface area contributed by atoms with E-state index in [1.54, 1.807) is 19.1 Å². The zero-order valence-corrected chi connectivity index (χ0v) is 14.3. The van der Waals surface area contributed by atoms with Crippen LogP contribution in [0.15, 0.2) is 16.6 Å². The number of halogens is 1. The molecule has 1 aromatic heterocycles. The van der Waals surface area contributed by atoms with Crippen molar-refractivity contribution < 1.29 is 19.1 Å². The smallest absolute Gasteiger partial charge is 0.348 e. The molecular formula is C14H17BrO4S. The van der Waals surface area contributed by atoms with Gasteiger partial charge in [-0.25, -0.2) is 9.59 Å². The van der Waals surface area contributed by atoms with Gasteiger partial charge in [-0.2, -0.15) is 0 Å². The van der Waals surface area contributed by atoms with Gasteiger partial charge in [0.05, 0.1) is 6.61 Å². The minimum atomic E-state index is -0.533. The van der Waals surface area contributed by atoms with Crippen LogP contribution >= 0.6 is 27.3 Å². The summed E-state index contributed by atoms with van der Waals surface area (Å²) in [4.78, 5) is 24.4. The third kappa shape index (κ3) is 5.46. The first-order valence-corrected chi connectivity index (χ1v) is 7.71. The summed E-state index contributed by atoms with van der Waals surface area (Å²) in [6.45, 7) is 7.52. The number of carbonyl (C=O) groups is 2. The van der Waals surface area contributed by atoms with Crippen molar-refractivity contribution in [2.24, 2.45) is 0 Å². The summed E-state index contributed by atoms with van der Waals surface area (Å²) in [5.41, 5.74) is -0.533. The number of carbonyl (C=O) groups excluding carboxylic acids is 2. The van der Waals surface area contributed by atoms with E-state index in [9.17, 15) is 9.59 Å². The molecule has 0 radical (unpaired) electrons. The zero-order chi connectivity index (χ0) is 15.3. The lowest BCUT2D eigenvalue weighted by Crippen LogP contribution is -2.23.